The van der Waals surface area contributed by atoms with Gasteiger partial charge in [-0.15, -0.1) is 11.8 Å². The molecular formula is C9H10N4O2S. The number of carboxylic acids is 1. The predicted octanol–water partition coefficient (Wildman–Crippen LogP) is 1.31. The molecule has 0 fully saturated rings. The van der Waals surface area contributed by atoms with Gasteiger partial charge in [-0.05, 0) is 6.42 Å². The van der Waals surface area contributed by atoms with Gasteiger partial charge in [-0.3, -0.25) is 4.79 Å². The van der Waals surface area contributed by atoms with Gasteiger partial charge in [0.05, 0.1) is 6.33 Å². The molecule has 0 saturated heterocycles. The number of aromatic amines is 1. The highest BCUT2D eigenvalue weighted by molar-refractivity contribution is 7.99. The van der Waals surface area contributed by atoms with Crippen LogP contribution in [0.4, 0.5) is 0 Å². The van der Waals surface area contributed by atoms with Crippen LogP contribution in [0.2, 0.25) is 0 Å². The zero-order valence-electron chi connectivity index (χ0n) is 8.38. The first kappa shape index (κ1) is 10.9. The lowest BCUT2D eigenvalue weighted by atomic mass is 10.3. The smallest absolute Gasteiger partial charge is 0.303 e. The summed E-state index contributed by atoms with van der Waals surface area (Å²) in [6.45, 7) is 0. The average molecular weight is 238 g/mol. The molecule has 0 aliphatic heterocycles. The van der Waals surface area contributed by atoms with Gasteiger partial charge >= 0.3 is 5.97 Å². The maximum atomic E-state index is 10.3. The Balaban J connectivity index is 1.98. The molecule has 0 radical (unpaired) electrons. The van der Waals surface area contributed by atoms with E-state index in [2.05, 4.69) is 19.9 Å². The number of nitrogens with one attached hydrogen (secondary N) is 1. The lowest BCUT2D eigenvalue weighted by molar-refractivity contribution is -0.137. The first-order chi connectivity index (χ1) is 7.77. The van der Waals surface area contributed by atoms with Gasteiger partial charge in [0.15, 0.2) is 5.65 Å². The van der Waals surface area contributed by atoms with Gasteiger partial charge in [0.2, 0.25) is 0 Å². The molecule has 0 aliphatic rings. The molecule has 0 amide bonds. The molecule has 7 heteroatoms. The zero-order chi connectivity index (χ0) is 11.4. The molecule has 2 aromatic heterocycles. The molecule has 16 heavy (non-hydrogen) atoms. The Bertz CT molecular complexity index is 499. The monoisotopic (exact) mass is 238 g/mol. The van der Waals surface area contributed by atoms with E-state index in [1.807, 2.05) is 0 Å². The van der Waals surface area contributed by atoms with E-state index < -0.39 is 5.97 Å². The van der Waals surface area contributed by atoms with Crippen LogP contribution < -0.4 is 0 Å². The molecule has 0 aromatic carbocycles. The molecule has 2 aromatic rings. The normalized spacial score (nSPS) is 10.8. The van der Waals surface area contributed by atoms with E-state index in [4.69, 9.17) is 5.11 Å². The minimum atomic E-state index is -0.769. The Morgan fingerprint density at radius 3 is 3.12 bits per heavy atom. The van der Waals surface area contributed by atoms with Crippen LogP contribution in [0, 0.1) is 0 Å². The van der Waals surface area contributed by atoms with Crippen LogP contribution in [0.3, 0.4) is 0 Å². The topological polar surface area (TPSA) is 91.8 Å². The van der Waals surface area contributed by atoms with Crippen molar-refractivity contribution in [2.75, 3.05) is 5.75 Å². The molecule has 0 atom stereocenters. The fraction of sp³-hybridized carbons (Fsp3) is 0.333. The van der Waals surface area contributed by atoms with E-state index >= 15 is 0 Å². The first-order valence-electron chi connectivity index (χ1n) is 4.76. The Morgan fingerprint density at radius 1 is 1.44 bits per heavy atom. The molecular weight excluding hydrogens is 228 g/mol. The van der Waals surface area contributed by atoms with E-state index in [1.54, 1.807) is 6.33 Å². The van der Waals surface area contributed by atoms with Crippen LogP contribution in [-0.2, 0) is 4.79 Å². The number of aromatic nitrogens is 4. The Hall–Kier alpha value is -1.63. The van der Waals surface area contributed by atoms with Gasteiger partial charge in [0.25, 0.3) is 0 Å². The number of hydrogen-bond donors (Lipinski definition) is 2. The van der Waals surface area contributed by atoms with Crippen LogP contribution in [0.5, 0.6) is 0 Å². The number of imidazole rings is 1. The number of aliphatic carboxylic acids is 1. The number of rotatable bonds is 5. The summed E-state index contributed by atoms with van der Waals surface area (Å²) in [6.07, 6.45) is 3.84. The fourth-order valence-electron chi connectivity index (χ4n) is 1.24. The summed E-state index contributed by atoms with van der Waals surface area (Å²) in [7, 11) is 0. The van der Waals surface area contributed by atoms with E-state index in [1.165, 1.54) is 18.1 Å². The number of fused-ring (bicyclic) bond motifs is 1. The summed E-state index contributed by atoms with van der Waals surface area (Å²) in [6, 6.07) is 0. The summed E-state index contributed by atoms with van der Waals surface area (Å²) in [4.78, 5) is 25.4. The summed E-state index contributed by atoms with van der Waals surface area (Å²) in [5.74, 6) is -0.0489. The van der Waals surface area contributed by atoms with Crippen molar-refractivity contribution < 1.29 is 9.90 Å². The molecule has 2 rings (SSSR count). The largest absolute Gasteiger partial charge is 0.481 e. The van der Waals surface area contributed by atoms with Gasteiger partial charge in [-0.1, -0.05) is 0 Å². The van der Waals surface area contributed by atoms with E-state index in [9.17, 15) is 4.79 Å². The first-order valence-corrected chi connectivity index (χ1v) is 5.74. The number of nitrogens with zero attached hydrogens (tertiary/aromatic N) is 3. The number of H-pyrrole nitrogens is 1. The molecule has 0 unspecified atom stereocenters. The maximum absolute atomic E-state index is 10.3. The molecule has 0 bridgehead atoms. The summed E-state index contributed by atoms with van der Waals surface area (Å²) in [5, 5.41) is 9.31. The zero-order valence-corrected chi connectivity index (χ0v) is 9.20. The lowest BCUT2D eigenvalue weighted by Crippen LogP contribution is -1.95. The van der Waals surface area contributed by atoms with E-state index in [0.717, 1.165) is 16.3 Å². The summed E-state index contributed by atoms with van der Waals surface area (Å²) < 4.78 is 0. The molecule has 0 saturated carbocycles. The molecule has 84 valence electrons. The summed E-state index contributed by atoms with van der Waals surface area (Å²) >= 11 is 1.51. The van der Waals surface area contributed by atoms with Gasteiger partial charge in [-0.2, -0.15) is 0 Å². The van der Waals surface area contributed by atoms with Crippen molar-refractivity contribution >= 4 is 28.9 Å². The number of carbonyl (C=O) groups is 1. The van der Waals surface area contributed by atoms with Crippen molar-refractivity contribution in [3.05, 3.63) is 12.7 Å². The van der Waals surface area contributed by atoms with Crippen LogP contribution in [-0.4, -0.2) is 36.8 Å². The van der Waals surface area contributed by atoms with Crippen LogP contribution >= 0.6 is 11.8 Å². The number of carboxylic acid groups (broad SMARTS) is 1. The molecule has 6 nitrogen and oxygen atoms in total. The van der Waals surface area contributed by atoms with Gasteiger partial charge in [0, 0.05) is 12.2 Å². The van der Waals surface area contributed by atoms with E-state index in [0.29, 0.717) is 12.1 Å². The Kier molecular flexibility index (Phi) is 3.35. The van der Waals surface area contributed by atoms with Crippen LogP contribution in [0.15, 0.2) is 17.7 Å². The van der Waals surface area contributed by atoms with Gasteiger partial charge < -0.3 is 10.1 Å². The Morgan fingerprint density at radius 2 is 2.31 bits per heavy atom. The number of hydrogen-bond acceptors (Lipinski definition) is 5. The maximum Gasteiger partial charge on any atom is 0.303 e. The second kappa shape index (κ2) is 4.93. The lowest BCUT2D eigenvalue weighted by Gasteiger charge is -1.99. The second-order valence-corrected chi connectivity index (χ2v) is 4.21. The third kappa shape index (κ3) is 2.48. The standard InChI is InChI=1S/C9H10N4O2S/c14-6(15)2-1-3-16-9-7-8(11-4-10-7)12-5-13-9/h4-5H,1-3H2,(H,14,15)(H,10,11,12,13). The van der Waals surface area contributed by atoms with Crippen molar-refractivity contribution in [1.82, 2.24) is 19.9 Å². The molecule has 2 heterocycles. The molecule has 2 N–H and O–H groups in total. The Labute approximate surface area is 95.5 Å². The van der Waals surface area contributed by atoms with Crippen LogP contribution in [0.25, 0.3) is 11.2 Å². The highest BCUT2D eigenvalue weighted by atomic mass is 32.2. The third-order valence-corrected chi connectivity index (χ3v) is 3.04. The van der Waals surface area contributed by atoms with Gasteiger partial charge in [0.1, 0.15) is 16.9 Å². The van der Waals surface area contributed by atoms with Crippen molar-refractivity contribution in [3.8, 4) is 0 Å². The van der Waals surface area contributed by atoms with Crippen molar-refractivity contribution in [2.45, 2.75) is 17.9 Å². The fourth-order valence-corrected chi connectivity index (χ4v) is 2.14. The van der Waals surface area contributed by atoms with E-state index in [-0.39, 0.29) is 6.42 Å². The quantitative estimate of drug-likeness (QED) is 0.463. The molecule has 0 aliphatic carbocycles. The summed E-state index contributed by atoms with van der Waals surface area (Å²) in [5.41, 5.74) is 1.44. The highest BCUT2D eigenvalue weighted by Gasteiger charge is 2.06. The minimum absolute atomic E-state index is 0.185. The van der Waals surface area contributed by atoms with Crippen molar-refractivity contribution in [2.24, 2.45) is 0 Å². The average Bonchev–Trinajstić information content (AvgIpc) is 2.72. The van der Waals surface area contributed by atoms with Crippen LogP contribution in [0.1, 0.15) is 12.8 Å². The highest BCUT2D eigenvalue weighted by Crippen LogP contribution is 2.22. The second-order valence-electron chi connectivity index (χ2n) is 3.13. The third-order valence-electron chi connectivity index (χ3n) is 1.96. The SMILES string of the molecule is O=C(O)CCCSc1ncnc2nc[nH]c12. The number of thioether (sulfide) groups is 1. The molecule has 0 spiro atoms. The predicted molar refractivity (Wildman–Crippen MR) is 59.3 cm³/mol. The van der Waals surface area contributed by atoms with Crippen molar-refractivity contribution in [3.63, 3.8) is 0 Å². The minimum Gasteiger partial charge on any atom is -0.481 e. The van der Waals surface area contributed by atoms with Crippen molar-refractivity contribution in [1.29, 1.82) is 0 Å². The van der Waals surface area contributed by atoms with Gasteiger partial charge in [-0.25, -0.2) is 15.0 Å².